The number of aliphatic hydroxyl groups excluding tert-OH is 1. The zero-order valence-corrected chi connectivity index (χ0v) is 16.8. The van der Waals surface area contributed by atoms with Gasteiger partial charge >= 0.3 is 11.9 Å². The summed E-state index contributed by atoms with van der Waals surface area (Å²) in [6.07, 6.45) is -0.868. The molecule has 1 rings (SSSR count). The summed E-state index contributed by atoms with van der Waals surface area (Å²) in [6, 6.07) is 3.06. The number of carbonyl (C=O) groups is 5. The van der Waals surface area contributed by atoms with Gasteiger partial charge in [-0.25, -0.2) is 4.79 Å². The van der Waals surface area contributed by atoms with E-state index >= 15 is 0 Å². The molecule has 0 aliphatic carbocycles. The molecule has 0 fully saturated rings. The average Bonchev–Trinajstić information content (AvgIpc) is 2.72. The summed E-state index contributed by atoms with van der Waals surface area (Å²) >= 11 is 0. The van der Waals surface area contributed by atoms with E-state index in [-0.39, 0.29) is 6.42 Å². The third-order valence-corrected chi connectivity index (χ3v) is 4.19. The van der Waals surface area contributed by atoms with E-state index in [1.165, 1.54) is 6.92 Å². The summed E-state index contributed by atoms with van der Waals surface area (Å²) in [7, 11) is 0. The Morgan fingerprint density at radius 3 is 2.00 bits per heavy atom. The first kappa shape index (κ1) is 25.5. The van der Waals surface area contributed by atoms with Gasteiger partial charge in [0.05, 0.1) is 13.0 Å². The minimum atomic E-state index is -1.59. The molecular formula is C19H26N4O8. The molecule has 8 N–H and O–H groups in total. The minimum absolute atomic E-state index is 0.0544. The van der Waals surface area contributed by atoms with Gasteiger partial charge in [-0.3, -0.25) is 19.2 Å². The van der Waals surface area contributed by atoms with Crippen molar-refractivity contribution in [3.8, 4) is 0 Å². The number of hydrogen-bond donors (Lipinski definition) is 7. The average molecular weight is 438 g/mol. The molecule has 0 saturated carbocycles. The Balaban J connectivity index is 2.85. The molecule has 0 spiro atoms. The molecule has 0 saturated heterocycles. The second-order valence-electron chi connectivity index (χ2n) is 6.77. The van der Waals surface area contributed by atoms with Crippen LogP contribution in [0.1, 0.15) is 18.9 Å². The van der Waals surface area contributed by atoms with Gasteiger partial charge in [0.25, 0.3) is 0 Å². The zero-order valence-electron chi connectivity index (χ0n) is 16.8. The van der Waals surface area contributed by atoms with Crippen molar-refractivity contribution in [2.75, 3.05) is 6.61 Å². The number of carboxylic acid groups (broad SMARTS) is 2. The Hall–Kier alpha value is -3.51. The molecule has 31 heavy (non-hydrogen) atoms. The van der Waals surface area contributed by atoms with E-state index in [1.54, 1.807) is 30.3 Å². The summed E-state index contributed by atoms with van der Waals surface area (Å²) in [5.74, 6) is -5.47. The van der Waals surface area contributed by atoms with Gasteiger partial charge in [-0.2, -0.15) is 0 Å². The van der Waals surface area contributed by atoms with Crippen LogP contribution in [0.3, 0.4) is 0 Å². The number of benzene rings is 1. The van der Waals surface area contributed by atoms with Crippen LogP contribution in [0.4, 0.5) is 0 Å². The predicted molar refractivity (Wildman–Crippen MR) is 107 cm³/mol. The molecule has 4 atom stereocenters. The van der Waals surface area contributed by atoms with Crippen LogP contribution < -0.4 is 21.7 Å². The summed E-state index contributed by atoms with van der Waals surface area (Å²) in [5, 5.41) is 33.9. The number of hydrogen-bond acceptors (Lipinski definition) is 7. The zero-order chi connectivity index (χ0) is 23.6. The van der Waals surface area contributed by atoms with Crippen LogP contribution in [0.5, 0.6) is 0 Å². The van der Waals surface area contributed by atoms with Gasteiger partial charge in [0.2, 0.25) is 17.7 Å². The number of amides is 3. The molecular weight excluding hydrogens is 412 g/mol. The van der Waals surface area contributed by atoms with Crippen LogP contribution in [0.15, 0.2) is 30.3 Å². The van der Waals surface area contributed by atoms with E-state index < -0.39 is 66.9 Å². The first-order valence-electron chi connectivity index (χ1n) is 9.31. The van der Waals surface area contributed by atoms with E-state index in [2.05, 4.69) is 16.0 Å². The smallest absolute Gasteiger partial charge is 0.326 e. The summed E-state index contributed by atoms with van der Waals surface area (Å²) in [5.41, 5.74) is 5.97. The van der Waals surface area contributed by atoms with Crippen molar-refractivity contribution < 1.29 is 39.3 Å². The second kappa shape index (κ2) is 12.2. The normalized spacial score (nSPS) is 14.4. The topological polar surface area (TPSA) is 208 Å². The van der Waals surface area contributed by atoms with Crippen LogP contribution in [0.25, 0.3) is 0 Å². The van der Waals surface area contributed by atoms with Gasteiger partial charge in [0.15, 0.2) is 0 Å². The summed E-state index contributed by atoms with van der Waals surface area (Å²) in [6.45, 7) is 0.616. The number of carbonyl (C=O) groups excluding carboxylic acids is 3. The Morgan fingerprint density at radius 2 is 1.48 bits per heavy atom. The van der Waals surface area contributed by atoms with Crippen molar-refractivity contribution in [3.63, 3.8) is 0 Å². The maximum Gasteiger partial charge on any atom is 0.326 e. The molecule has 0 heterocycles. The Labute approximate surface area is 177 Å². The third-order valence-electron chi connectivity index (χ3n) is 4.19. The molecule has 12 heteroatoms. The van der Waals surface area contributed by atoms with Gasteiger partial charge in [0, 0.05) is 6.42 Å². The maximum absolute atomic E-state index is 12.5. The van der Waals surface area contributed by atoms with E-state index in [0.717, 1.165) is 0 Å². The molecule has 0 radical (unpaired) electrons. The van der Waals surface area contributed by atoms with Crippen LogP contribution in [0, 0.1) is 0 Å². The van der Waals surface area contributed by atoms with Crippen molar-refractivity contribution in [1.29, 1.82) is 0 Å². The molecule has 0 aliphatic rings. The number of aliphatic carboxylic acids is 2. The van der Waals surface area contributed by atoms with E-state index in [1.807, 2.05) is 0 Å². The highest BCUT2D eigenvalue weighted by molar-refractivity contribution is 5.95. The fourth-order valence-electron chi connectivity index (χ4n) is 2.47. The van der Waals surface area contributed by atoms with Crippen molar-refractivity contribution in [2.24, 2.45) is 5.73 Å². The van der Waals surface area contributed by atoms with Gasteiger partial charge < -0.3 is 37.0 Å². The van der Waals surface area contributed by atoms with Crippen molar-refractivity contribution in [2.45, 2.75) is 43.9 Å². The Bertz CT molecular complexity index is 801. The maximum atomic E-state index is 12.5. The van der Waals surface area contributed by atoms with Crippen molar-refractivity contribution in [3.05, 3.63) is 35.9 Å². The van der Waals surface area contributed by atoms with Gasteiger partial charge in [-0.05, 0) is 12.5 Å². The third kappa shape index (κ3) is 8.80. The largest absolute Gasteiger partial charge is 0.481 e. The van der Waals surface area contributed by atoms with Crippen LogP contribution >= 0.6 is 0 Å². The fourth-order valence-corrected chi connectivity index (χ4v) is 2.47. The highest BCUT2D eigenvalue weighted by atomic mass is 16.4. The molecule has 4 unspecified atom stereocenters. The number of nitrogens with two attached hydrogens (primary N) is 1. The van der Waals surface area contributed by atoms with E-state index in [9.17, 15) is 29.1 Å². The molecule has 0 aromatic heterocycles. The van der Waals surface area contributed by atoms with E-state index in [0.29, 0.717) is 5.56 Å². The second-order valence-corrected chi connectivity index (χ2v) is 6.77. The molecule has 3 amide bonds. The monoisotopic (exact) mass is 438 g/mol. The number of nitrogens with one attached hydrogen (secondary N) is 3. The lowest BCUT2D eigenvalue weighted by Crippen LogP contribution is -2.57. The van der Waals surface area contributed by atoms with Crippen LogP contribution in [-0.4, -0.2) is 75.8 Å². The standard InChI is InChI=1S/C19H26N4O8/c1-10(21-17(28)12(20)9-24)16(27)22-13(8-15(25)26)18(29)23-14(19(30)31)7-11-5-3-2-4-6-11/h2-6,10,12-14,24H,7-9,20H2,1H3,(H,21,28)(H,22,27)(H,23,29)(H,25,26)(H,30,31). The van der Waals surface area contributed by atoms with Crippen molar-refractivity contribution in [1.82, 2.24) is 16.0 Å². The van der Waals surface area contributed by atoms with Crippen LogP contribution in [-0.2, 0) is 30.4 Å². The Morgan fingerprint density at radius 1 is 0.903 bits per heavy atom. The highest BCUT2D eigenvalue weighted by Crippen LogP contribution is 2.05. The van der Waals surface area contributed by atoms with Gasteiger partial charge in [-0.1, -0.05) is 30.3 Å². The molecule has 12 nitrogen and oxygen atoms in total. The summed E-state index contributed by atoms with van der Waals surface area (Å²) in [4.78, 5) is 59.1. The molecule has 1 aromatic rings. The summed E-state index contributed by atoms with van der Waals surface area (Å²) < 4.78 is 0. The molecule has 0 bridgehead atoms. The fraction of sp³-hybridized carbons (Fsp3) is 0.421. The van der Waals surface area contributed by atoms with Gasteiger partial charge in [-0.15, -0.1) is 0 Å². The number of carboxylic acids is 2. The van der Waals surface area contributed by atoms with Crippen molar-refractivity contribution >= 4 is 29.7 Å². The SMILES string of the molecule is CC(NC(=O)C(N)CO)C(=O)NC(CC(=O)O)C(=O)NC(Cc1ccccc1)C(=O)O. The quantitative estimate of drug-likeness (QED) is 0.185. The highest BCUT2D eigenvalue weighted by Gasteiger charge is 2.30. The lowest BCUT2D eigenvalue weighted by Gasteiger charge is -2.22. The minimum Gasteiger partial charge on any atom is -0.481 e. The number of aliphatic hydroxyl groups is 1. The molecule has 170 valence electrons. The van der Waals surface area contributed by atoms with E-state index in [4.69, 9.17) is 15.9 Å². The van der Waals surface area contributed by atoms with Gasteiger partial charge in [0.1, 0.15) is 24.2 Å². The molecule has 0 aliphatic heterocycles. The first-order chi connectivity index (χ1) is 14.5. The lowest BCUT2D eigenvalue weighted by molar-refractivity contribution is -0.143. The number of rotatable bonds is 12. The van der Waals surface area contributed by atoms with Crippen LogP contribution in [0.2, 0.25) is 0 Å². The first-order valence-corrected chi connectivity index (χ1v) is 9.31. The lowest BCUT2D eigenvalue weighted by atomic mass is 10.0. The molecule has 1 aromatic carbocycles. The predicted octanol–water partition coefficient (Wildman–Crippen LogP) is -2.42. The Kier molecular flexibility index (Phi) is 10.1.